The van der Waals surface area contributed by atoms with Crippen LogP contribution in [0.15, 0.2) is 84.5 Å². The number of carbonyl (C=O) groups is 4. The number of rotatable bonds is 6. The van der Waals surface area contributed by atoms with Crippen molar-refractivity contribution in [3.05, 3.63) is 130 Å². The lowest BCUT2D eigenvalue weighted by atomic mass is 9.87. The van der Waals surface area contributed by atoms with Gasteiger partial charge in [-0.05, 0) is 38.1 Å². The van der Waals surface area contributed by atoms with E-state index in [0.29, 0.717) is 45.0 Å². The van der Waals surface area contributed by atoms with E-state index in [9.17, 15) is 19.2 Å². The van der Waals surface area contributed by atoms with Crippen LogP contribution in [0.5, 0.6) is 0 Å². The van der Waals surface area contributed by atoms with Crippen LogP contribution in [0.1, 0.15) is 79.9 Å². The average molecular weight is 695 g/mol. The third-order valence-corrected chi connectivity index (χ3v) is 9.99. The Morgan fingerprint density at radius 2 is 1.10 bits per heavy atom. The van der Waals surface area contributed by atoms with Gasteiger partial charge in [0.15, 0.2) is 11.6 Å². The molecule has 2 aliphatic carbocycles. The van der Waals surface area contributed by atoms with E-state index in [1.807, 2.05) is 85.6 Å². The minimum absolute atomic E-state index is 0.122. The van der Waals surface area contributed by atoms with Crippen molar-refractivity contribution in [1.82, 2.24) is 29.1 Å². The van der Waals surface area contributed by atoms with E-state index in [1.165, 1.54) is 0 Å². The highest BCUT2D eigenvalue weighted by Crippen LogP contribution is 2.43. The fourth-order valence-electron chi connectivity index (χ4n) is 7.46. The molecule has 8 rings (SSSR count). The SMILES string of the molecule is Cc1[nH]cnc1/C=C1/CC(OC(=O)/C=C\C(=O)OC2C/C(=C/c3nc[nH]c3C)C(=O)c3c2n(C)c2ccccc32)c2c(c3ccccc3n2C)C1=O. The minimum Gasteiger partial charge on any atom is -0.452 e. The van der Waals surface area contributed by atoms with E-state index in [4.69, 9.17) is 9.47 Å². The molecule has 0 aliphatic heterocycles. The van der Waals surface area contributed by atoms with Crippen LogP contribution in [0, 0.1) is 13.8 Å². The number of esters is 2. The van der Waals surface area contributed by atoms with Gasteiger partial charge in [0.1, 0.15) is 12.2 Å². The maximum Gasteiger partial charge on any atom is 0.331 e. The number of Topliss-reactive ketones (excluding diaryl/α,β-unsaturated/α-hetero) is 2. The van der Waals surface area contributed by atoms with Crippen molar-refractivity contribution in [2.45, 2.75) is 38.9 Å². The number of benzene rings is 2. The van der Waals surface area contributed by atoms with Crippen LogP contribution in [0.2, 0.25) is 0 Å². The fraction of sp³-hybridized carbons (Fsp3) is 0.200. The van der Waals surface area contributed by atoms with Gasteiger partial charge in [-0.3, -0.25) is 9.59 Å². The van der Waals surface area contributed by atoms with E-state index < -0.39 is 24.1 Å². The first-order chi connectivity index (χ1) is 25.1. The van der Waals surface area contributed by atoms with E-state index in [1.54, 1.807) is 24.8 Å². The quantitative estimate of drug-likeness (QED) is 0.148. The molecule has 2 atom stereocenters. The number of fused-ring (bicyclic) bond motifs is 6. The van der Waals surface area contributed by atoms with Crippen LogP contribution in [0.4, 0.5) is 0 Å². The van der Waals surface area contributed by atoms with Crippen LogP contribution in [0.25, 0.3) is 34.0 Å². The normalized spacial score (nSPS) is 18.8. The van der Waals surface area contributed by atoms with Crippen molar-refractivity contribution in [3.63, 3.8) is 0 Å². The average Bonchev–Trinajstić information content (AvgIpc) is 3.89. The molecule has 52 heavy (non-hydrogen) atoms. The lowest BCUT2D eigenvalue weighted by Crippen LogP contribution is -2.24. The first-order valence-corrected chi connectivity index (χ1v) is 16.8. The zero-order valence-electron chi connectivity index (χ0n) is 28.9. The molecule has 6 aromatic rings. The number of nitrogens with one attached hydrogen (secondary N) is 2. The Hall–Kier alpha value is -6.56. The summed E-state index contributed by atoms with van der Waals surface area (Å²) >= 11 is 0. The van der Waals surface area contributed by atoms with Crippen molar-refractivity contribution in [1.29, 1.82) is 0 Å². The number of nitrogens with zero attached hydrogens (tertiary/aromatic N) is 4. The van der Waals surface area contributed by atoms with Crippen LogP contribution < -0.4 is 0 Å². The zero-order chi connectivity index (χ0) is 36.3. The van der Waals surface area contributed by atoms with Gasteiger partial charge in [0.25, 0.3) is 0 Å². The van der Waals surface area contributed by atoms with Crippen LogP contribution >= 0.6 is 0 Å². The number of imidazole rings is 2. The summed E-state index contributed by atoms with van der Waals surface area (Å²) in [6.07, 6.45) is 7.23. The molecule has 0 radical (unpaired) electrons. The molecule has 12 nitrogen and oxygen atoms in total. The predicted molar refractivity (Wildman–Crippen MR) is 193 cm³/mol. The Bertz CT molecular complexity index is 2400. The number of carbonyl (C=O) groups excluding carboxylic acids is 4. The number of ether oxygens (including phenoxy) is 2. The highest BCUT2D eigenvalue weighted by atomic mass is 16.5. The van der Waals surface area contributed by atoms with Gasteiger partial charge in [0, 0.05) is 83.4 Å². The van der Waals surface area contributed by atoms with E-state index in [0.717, 1.165) is 45.3 Å². The predicted octanol–water partition coefficient (Wildman–Crippen LogP) is 6.50. The number of aromatic amines is 2. The van der Waals surface area contributed by atoms with Crippen LogP contribution in [-0.2, 0) is 33.2 Å². The monoisotopic (exact) mass is 694 g/mol. The van der Waals surface area contributed by atoms with Gasteiger partial charge in [0.2, 0.25) is 0 Å². The van der Waals surface area contributed by atoms with E-state index in [-0.39, 0.29) is 24.4 Å². The maximum atomic E-state index is 13.9. The molecule has 260 valence electrons. The van der Waals surface area contributed by atoms with Gasteiger partial charge in [-0.2, -0.15) is 0 Å². The molecule has 0 spiro atoms. The Labute approximate surface area is 297 Å². The van der Waals surface area contributed by atoms with Crippen LogP contribution in [0.3, 0.4) is 0 Å². The standard InChI is InChI=1S/C40H34N6O6/c1-21-27(43-19-41-21)15-23-17-31(37-35(39(23)49)25-9-5-7-11-29(25)45(37)3)51-33(47)13-14-34(48)52-32-18-24(16-28-22(2)42-20-44-28)40(50)36-26-10-6-8-12-30(26)46(4)38(32)36/h5-16,19-20,31-32H,17-18H2,1-4H3,(H,41,43)(H,42,44)/b14-13-,23-15-,24-16-. The summed E-state index contributed by atoms with van der Waals surface area (Å²) in [5, 5.41) is 1.51. The first kappa shape index (κ1) is 32.6. The molecular formula is C40H34N6O6. The Kier molecular flexibility index (Phi) is 7.93. The van der Waals surface area contributed by atoms with Crippen molar-refractivity contribution in [3.8, 4) is 0 Å². The number of H-pyrrole nitrogens is 2. The molecule has 4 heterocycles. The van der Waals surface area contributed by atoms with Gasteiger partial charge in [-0.25, -0.2) is 19.6 Å². The summed E-state index contributed by atoms with van der Waals surface area (Å²) in [6.45, 7) is 3.72. The molecule has 2 aliphatic rings. The smallest absolute Gasteiger partial charge is 0.331 e. The summed E-state index contributed by atoms with van der Waals surface area (Å²) < 4.78 is 15.7. The highest BCUT2D eigenvalue weighted by molar-refractivity contribution is 6.21. The van der Waals surface area contributed by atoms with Crippen molar-refractivity contribution in [2.24, 2.45) is 14.1 Å². The molecule has 0 saturated heterocycles. The second-order valence-corrected chi connectivity index (χ2v) is 13.1. The van der Waals surface area contributed by atoms with Crippen molar-refractivity contribution < 1.29 is 28.7 Å². The number of ketones is 2. The third kappa shape index (κ3) is 5.39. The molecule has 0 fully saturated rings. The summed E-state index contributed by atoms with van der Waals surface area (Å²) in [5.74, 6) is -1.87. The largest absolute Gasteiger partial charge is 0.452 e. The molecule has 2 aromatic carbocycles. The highest BCUT2D eigenvalue weighted by Gasteiger charge is 2.38. The van der Waals surface area contributed by atoms with Crippen molar-refractivity contribution in [2.75, 3.05) is 0 Å². The fourth-order valence-corrected chi connectivity index (χ4v) is 7.46. The topological polar surface area (TPSA) is 154 Å². The lowest BCUT2D eigenvalue weighted by Gasteiger charge is -2.26. The Morgan fingerprint density at radius 3 is 1.48 bits per heavy atom. The minimum atomic E-state index is -0.815. The Balaban J connectivity index is 1.07. The van der Waals surface area contributed by atoms with E-state index in [2.05, 4.69) is 19.9 Å². The molecule has 12 heteroatoms. The zero-order valence-corrected chi connectivity index (χ0v) is 28.9. The second-order valence-electron chi connectivity index (χ2n) is 13.1. The van der Waals surface area contributed by atoms with Gasteiger partial charge in [-0.1, -0.05) is 36.4 Å². The van der Waals surface area contributed by atoms with Crippen molar-refractivity contribution >= 4 is 57.5 Å². The summed E-state index contributed by atoms with van der Waals surface area (Å²) in [4.78, 5) is 69.2. The Morgan fingerprint density at radius 1 is 0.692 bits per heavy atom. The second kappa shape index (κ2) is 12.6. The van der Waals surface area contributed by atoms with Crippen LogP contribution in [-0.4, -0.2) is 52.6 Å². The third-order valence-electron chi connectivity index (χ3n) is 9.99. The van der Waals surface area contributed by atoms with Gasteiger partial charge >= 0.3 is 11.9 Å². The molecule has 0 amide bonds. The van der Waals surface area contributed by atoms with Gasteiger partial charge in [-0.15, -0.1) is 0 Å². The molecule has 0 saturated carbocycles. The molecule has 0 bridgehead atoms. The number of hydrogen-bond acceptors (Lipinski definition) is 8. The number of hydrogen-bond donors (Lipinski definition) is 2. The lowest BCUT2D eigenvalue weighted by molar-refractivity contribution is -0.146. The molecule has 2 N–H and O–H groups in total. The molecule has 4 aromatic heterocycles. The summed E-state index contributed by atoms with van der Waals surface area (Å²) in [6, 6.07) is 15.1. The summed E-state index contributed by atoms with van der Waals surface area (Å²) in [7, 11) is 3.67. The maximum absolute atomic E-state index is 13.9. The summed E-state index contributed by atoms with van der Waals surface area (Å²) in [5.41, 5.74) is 7.49. The van der Waals surface area contributed by atoms with E-state index >= 15 is 0 Å². The number of aryl methyl sites for hydroxylation is 4. The number of aromatic nitrogens is 6. The molecular weight excluding hydrogens is 660 g/mol. The van der Waals surface area contributed by atoms with Gasteiger partial charge in [0.05, 0.1) is 46.6 Å². The van der Waals surface area contributed by atoms with Gasteiger partial charge < -0.3 is 28.6 Å². The number of para-hydroxylation sites is 2. The first-order valence-electron chi connectivity index (χ1n) is 16.8. The molecule has 2 unspecified atom stereocenters.